The van der Waals surface area contributed by atoms with Gasteiger partial charge in [0.2, 0.25) is 0 Å². The molecule has 0 unspecified atom stereocenters. The number of urea groups is 1. The third-order valence-corrected chi connectivity index (χ3v) is 4.05. The number of rotatable bonds is 3. The highest BCUT2D eigenvalue weighted by molar-refractivity contribution is 5.89. The third-order valence-electron chi connectivity index (χ3n) is 4.05. The lowest BCUT2D eigenvalue weighted by molar-refractivity contribution is -0.141. The minimum absolute atomic E-state index is 0.0361. The molecule has 0 saturated carbocycles. The number of hydrogen-bond donors (Lipinski definition) is 1. The van der Waals surface area contributed by atoms with Crippen LogP contribution in [0.25, 0.3) is 0 Å². The van der Waals surface area contributed by atoms with Gasteiger partial charge in [0.25, 0.3) is 6.43 Å². The summed E-state index contributed by atoms with van der Waals surface area (Å²) in [6.45, 7) is 2.17. The Balaban J connectivity index is 2.04. The summed E-state index contributed by atoms with van der Waals surface area (Å²) in [5.74, 6) is -0.0361. The Labute approximate surface area is 141 Å². The number of carbonyl (C=O) groups is 1. The van der Waals surface area contributed by atoms with E-state index in [-0.39, 0.29) is 31.0 Å². The summed E-state index contributed by atoms with van der Waals surface area (Å²) < 4.78 is 64.5. The van der Waals surface area contributed by atoms with Crippen LogP contribution in [0.3, 0.4) is 0 Å². The normalized spacial score (nSPS) is 17.0. The maximum atomic E-state index is 12.9. The van der Waals surface area contributed by atoms with Gasteiger partial charge in [-0.3, -0.25) is 14.9 Å². The van der Waals surface area contributed by atoms with E-state index in [9.17, 15) is 26.7 Å². The van der Waals surface area contributed by atoms with Gasteiger partial charge in [-0.2, -0.15) is 18.3 Å². The Morgan fingerprint density at radius 1 is 1.24 bits per heavy atom. The maximum absolute atomic E-state index is 12.9. The average Bonchev–Trinajstić information content (AvgIpc) is 2.67. The predicted molar refractivity (Wildman–Crippen MR) is 80.6 cm³/mol. The Morgan fingerprint density at radius 3 is 2.48 bits per heavy atom. The molecule has 1 aliphatic heterocycles. The largest absolute Gasteiger partial charge is 0.435 e. The number of carbonyl (C=O) groups excluding carboxylic acids is 1. The first-order valence-electron chi connectivity index (χ1n) is 7.76. The van der Waals surface area contributed by atoms with Gasteiger partial charge in [0.1, 0.15) is 5.82 Å². The fraction of sp³-hybridized carbons (Fsp3) is 0.714. The maximum Gasteiger partial charge on any atom is 0.435 e. The zero-order chi connectivity index (χ0) is 18.8. The molecule has 1 aromatic heterocycles. The van der Waals surface area contributed by atoms with Gasteiger partial charge in [-0.25, -0.2) is 13.6 Å². The van der Waals surface area contributed by atoms with Gasteiger partial charge in [-0.1, -0.05) is 0 Å². The highest BCUT2D eigenvalue weighted by atomic mass is 19.4. The summed E-state index contributed by atoms with van der Waals surface area (Å²) in [5, 5.41) is 5.85. The molecule has 0 bridgehead atoms. The van der Waals surface area contributed by atoms with E-state index in [1.54, 1.807) is 4.90 Å². The van der Waals surface area contributed by atoms with Gasteiger partial charge < -0.3 is 4.90 Å². The molecule has 1 saturated heterocycles. The highest BCUT2D eigenvalue weighted by Crippen LogP contribution is 2.33. The summed E-state index contributed by atoms with van der Waals surface area (Å²) >= 11 is 0. The first-order valence-corrected chi connectivity index (χ1v) is 7.76. The SMILES string of the molecule is Cc1c(C(F)(F)F)nn(C)c1NC(=O)N1CCCN(CC(F)F)CC1. The van der Waals surface area contributed by atoms with Crippen LogP contribution in [0.15, 0.2) is 0 Å². The molecule has 6 nitrogen and oxygen atoms in total. The van der Waals surface area contributed by atoms with Crippen LogP contribution in [-0.4, -0.2) is 64.8 Å². The molecule has 1 aliphatic rings. The van der Waals surface area contributed by atoms with Crippen molar-refractivity contribution in [2.45, 2.75) is 25.9 Å². The molecule has 2 amide bonds. The monoisotopic (exact) mass is 369 g/mol. The lowest BCUT2D eigenvalue weighted by Gasteiger charge is -2.22. The number of anilines is 1. The van der Waals surface area contributed by atoms with Crippen molar-refractivity contribution in [1.29, 1.82) is 0 Å². The molecule has 2 heterocycles. The van der Waals surface area contributed by atoms with Gasteiger partial charge in [-0.05, 0) is 13.3 Å². The van der Waals surface area contributed by atoms with Crippen molar-refractivity contribution >= 4 is 11.8 Å². The van der Waals surface area contributed by atoms with Crippen molar-refractivity contribution in [1.82, 2.24) is 19.6 Å². The van der Waals surface area contributed by atoms with Crippen LogP contribution in [0, 0.1) is 6.92 Å². The van der Waals surface area contributed by atoms with E-state index in [4.69, 9.17) is 0 Å². The number of aromatic nitrogens is 2. The molecule has 11 heteroatoms. The van der Waals surface area contributed by atoms with E-state index < -0.39 is 24.3 Å². The molecule has 25 heavy (non-hydrogen) atoms. The van der Waals surface area contributed by atoms with Gasteiger partial charge >= 0.3 is 12.2 Å². The van der Waals surface area contributed by atoms with Crippen molar-refractivity contribution in [3.8, 4) is 0 Å². The second-order valence-electron chi connectivity index (χ2n) is 5.91. The molecule has 142 valence electrons. The van der Waals surface area contributed by atoms with Crippen molar-refractivity contribution in [2.75, 3.05) is 38.0 Å². The minimum Gasteiger partial charge on any atom is -0.323 e. The van der Waals surface area contributed by atoms with Crippen LogP contribution in [0.1, 0.15) is 17.7 Å². The van der Waals surface area contributed by atoms with E-state index in [0.29, 0.717) is 19.5 Å². The molecule has 2 rings (SSSR count). The zero-order valence-electron chi connectivity index (χ0n) is 13.9. The van der Waals surface area contributed by atoms with Gasteiger partial charge in [-0.15, -0.1) is 0 Å². The van der Waals surface area contributed by atoms with E-state index in [1.165, 1.54) is 18.9 Å². The zero-order valence-corrected chi connectivity index (χ0v) is 13.9. The van der Waals surface area contributed by atoms with Gasteiger partial charge in [0, 0.05) is 38.8 Å². The van der Waals surface area contributed by atoms with Crippen LogP contribution in [0.4, 0.5) is 32.6 Å². The summed E-state index contributed by atoms with van der Waals surface area (Å²) in [6.07, 6.45) is -6.54. The Morgan fingerprint density at radius 2 is 1.92 bits per heavy atom. The summed E-state index contributed by atoms with van der Waals surface area (Å²) in [5.41, 5.74) is -1.22. The number of halogens is 5. The number of nitrogens with zero attached hydrogens (tertiary/aromatic N) is 4. The molecule has 0 radical (unpaired) electrons. The first kappa shape index (κ1) is 19.4. The van der Waals surface area contributed by atoms with E-state index in [0.717, 1.165) is 4.68 Å². The molecule has 0 aromatic carbocycles. The fourth-order valence-electron chi connectivity index (χ4n) is 2.81. The molecule has 1 aromatic rings. The molecule has 0 aliphatic carbocycles. The molecule has 0 spiro atoms. The number of nitrogens with one attached hydrogen (secondary N) is 1. The van der Waals surface area contributed by atoms with E-state index >= 15 is 0 Å². The van der Waals surface area contributed by atoms with Crippen LogP contribution in [0.5, 0.6) is 0 Å². The smallest absolute Gasteiger partial charge is 0.323 e. The van der Waals surface area contributed by atoms with E-state index in [1.807, 2.05) is 0 Å². The number of amides is 2. The van der Waals surface area contributed by atoms with Crippen LogP contribution in [0.2, 0.25) is 0 Å². The van der Waals surface area contributed by atoms with Crippen molar-refractivity contribution in [2.24, 2.45) is 7.05 Å². The molecular weight excluding hydrogens is 349 g/mol. The summed E-state index contributed by atoms with van der Waals surface area (Å²) in [6, 6.07) is -0.571. The first-order chi connectivity index (χ1) is 11.6. The topological polar surface area (TPSA) is 53.4 Å². The quantitative estimate of drug-likeness (QED) is 0.834. The van der Waals surface area contributed by atoms with Gasteiger partial charge in [0.05, 0.1) is 6.54 Å². The lowest BCUT2D eigenvalue weighted by Crippen LogP contribution is -2.39. The molecule has 1 fully saturated rings. The molecule has 0 atom stereocenters. The fourth-order valence-corrected chi connectivity index (χ4v) is 2.81. The van der Waals surface area contributed by atoms with Crippen molar-refractivity contribution in [3.63, 3.8) is 0 Å². The average molecular weight is 369 g/mol. The predicted octanol–water partition coefficient (Wildman–Crippen LogP) is 2.55. The summed E-state index contributed by atoms with van der Waals surface area (Å²) in [7, 11) is 1.31. The standard InChI is InChI=1S/C14H20F5N5O/c1-9-11(14(17,18)19)21-22(2)12(9)20-13(25)24-5-3-4-23(6-7-24)8-10(15)16/h10H,3-8H2,1-2H3,(H,20,25). The van der Waals surface area contributed by atoms with Crippen molar-refractivity contribution < 1.29 is 26.7 Å². The number of hydrogen-bond acceptors (Lipinski definition) is 3. The Kier molecular flexibility index (Phi) is 5.86. The highest BCUT2D eigenvalue weighted by Gasteiger charge is 2.38. The summed E-state index contributed by atoms with van der Waals surface area (Å²) in [4.78, 5) is 15.3. The minimum atomic E-state index is -4.61. The second-order valence-corrected chi connectivity index (χ2v) is 5.91. The van der Waals surface area contributed by atoms with Crippen LogP contribution < -0.4 is 5.32 Å². The number of alkyl halides is 5. The van der Waals surface area contributed by atoms with E-state index in [2.05, 4.69) is 10.4 Å². The van der Waals surface area contributed by atoms with Crippen molar-refractivity contribution in [3.05, 3.63) is 11.3 Å². The Hall–Kier alpha value is -1.91. The second kappa shape index (κ2) is 7.54. The number of aryl methyl sites for hydroxylation is 1. The third kappa shape index (κ3) is 4.80. The lowest BCUT2D eigenvalue weighted by atomic mass is 10.2. The molecular formula is C14H20F5N5O. The van der Waals surface area contributed by atoms with Crippen LogP contribution in [-0.2, 0) is 13.2 Å². The Bertz CT molecular complexity index is 615. The van der Waals surface area contributed by atoms with Crippen LogP contribution >= 0.6 is 0 Å². The molecule has 1 N–H and O–H groups in total. The van der Waals surface area contributed by atoms with Gasteiger partial charge in [0.15, 0.2) is 5.69 Å².